The average Bonchev–Trinajstić information content (AvgIpc) is 3.73. The SMILES string of the molecule is CCNS(=O)(=O)c1ccc(CC(=O)N2C[C@H](OCc3ccc(Cl)cc3)C[C@H]2C(=O)C[C@@H](CCCCN)C(=O)c2nc3ccccc3o2)cc1. The van der Waals surface area contributed by atoms with Gasteiger partial charge in [0.2, 0.25) is 21.7 Å². The van der Waals surface area contributed by atoms with Gasteiger partial charge in [-0.15, -0.1) is 0 Å². The summed E-state index contributed by atoms with van der Waals surface area (Å²) in [5.74, 6) is -1.66. The fourth-order valence-electron chi connectivity index (χ4n) is 6.02. The Hall–Kier alpha value is -3.94. The molecular weight excluding hydrogens is 668 g/mol. The van der Waals surface area contributed by atoms with E-state index in [2.05, 4.69) is 9.71 Å². The van der Waals surface area contributed by atoms with Gasteiger partial charge in [0.15, 0.2) is 11.4 Å². The molecule has 2 heterocycles. The van der Waals surface area contributed by atoms with E-state index in [0.717, 1.165) is 5.56 Å². The largest absolute Gasteiger partial charge is 0.434 e. The smallest absolute Gasteiger partial charge is 0.264 e. The van der Waals surface area contributed by atoms with Crippen molar-refractivity contribution in [1.82, 2.24) is 14.6 Å². The van der Waals surface area contributed by atoms with E-state index in [4.69, 9.17) is 26.5 Å². The van der Waals surface area contributed by atoms with Crippen molar-refractivity contribution < 1.29 is 32.0 Å². The summed E-state index contributed by atoms with van der Waals surface area (Å²) in [5.41, 5.74) is 8.26. The molecule has 0 spiro atoms. The summed E-state index contributed by atoms with van der Waals surface area (Å²) >= 11 is 6.03. The van der Waals surface area contributed by atoms with E-state index < -0.39 is 28.1 Å². The number of likely N-dealkylation sites (tertiary alicyclic amines) is 1. The predicted molar refractivity (Wildman–Crippen MR) is 186 cm³/mol. The Bertz CT molecular complexity index is 1830. The van der Waals surface area contributed by atoms with Gasteiger partial charge in [-0.1, -0.05) is 61.3 Å². The molecule has 1 saturated heterocycles. The summed E-state index contributed by atoms with van der Waals surface area (Å²) in [6.07, 6.45) is 1.44. The van der Waals surface area contributed by atoms with E-state index in [0.29, 0.717) is 47.5 Å². The number of fused-ring (bicyclic) bond motifs is 1. The number of nitrogens with two attached hydrogens (primary N) is 1. The number of hydrogen-bond acceptors (Lipinski definition) is 9. The van der Waals surface area contributed by atoms with Crippen LogP contribution in [0.2, 0.25) is 5.02 Å². The summed E-state index contributed by atoms with van der Waals surface area (Å²) in [4.78, 5) is 47.6. The van der Waals surface area contributed by atoms with Crippen molar-refractivity contribution in [3.8, 4) is 0 Å². The number of nitrogens with zero attached hydrogens (tertiary/aromatic N) is 2. The molecule has 4 aromatic rings. The molecule has 11 nitrogen and oxygen atoms in total. The number of hydrogen-bond donors (Lipinski definition) is 2. The summed E-state index contributed by atoms with van der Waals surface area (Å²) in [7, 11) is -3.64. The molecule has 0 saturated carbocycles. The van der Waals surface area contributed by atoms with Gasteiger partial charge in [-0.2, -0.15) is 0 Å². The lowest BCUT2D eigenvalue weighted by atomic mass is 9.89. The number of unbranched alkanes of at least 4 members (excludes halogenated alkanes) is 1. The highest BCUT2D eigenvalue weighted by Gasteiger charge is 2.41. The number of carbonyl (C=O) groups excluding carboxylic acids is 3. The van der Waals surface area contributed by atoms with Gasteiger partial charge in [0.1, 0.15) is 5.52 Å². The third kappa shape index (κ3) is 9.40. The van der Waals surface area contributed by atoms with Crippen LogP contribution in [0.25, 0.3) is 11.1 Å². The molecule has 3 N–H and O–H groups in total. The van der Waals surface area contributed by atoms with Crippen LogP contribution >= 0.6 is 11.6 Å². The first-order valence-electron chi connectivity index (χ1n) is 16.4. The summed E-state index contributed by atoms with van der Waals surface area (Å²) in [5, 5.41) is 0.604. The van der Waals surface area contributed by atoms with E-state index >= 15 is 0 Å². The second-order valence-corrected chi connectivity index (χ2v) is 14.4. The van der Waals surface area contributed by atoms with Crippen LogP contribution in [0.3, 0.4) is 0 Å². The quantitative estimate of drug-likeness (QED) is 0.112. The molecule has 0 aliphatic carbocycles. The van der Waals surface area contributed by atoms with Gasteiger partial charge in [-0.05, 0) is 66.9 Å². The zero-order valence-electron chi connectivity index (χ0n) is 27.3. The molecule has 49 heavy (non-hydrogen) atoms. The molecule has 0 bridgehead atoms. The fourth-order valence-corrected chi connectivity index (χ4v) is 7.19. The molecule has 1 fully saturated rings. The number of ketones is 2. The first kappa shape index (κ1) is 36.3. The minimum Gasteiger partial charge on any atom is -0.434 e. The summed E-state index contributed by atoms with van der Waals surface area (Å²) in [6, 6.07) is 19.6. The highest BCUT2D eigenvalue weighted by atomic mass is 35.5. The number of halogens is 1. The van der Waals surface area contributed by atoms with Gasteiger partial charge < -0.3 is 19.8 Å². The number of benzene rings is 3. The number of Topliss-reactive ketones (excluding diaryl/α,β-unsaturated/α-hetero) is 2. The van der Waals surface area contributed by atoms with Crippen molar-refractivity contribution in [3.63, 3.8) is 0 Å². The number of sulfonamides is 1. The highest BCUT2D eigenvalue weighted by Crippen LogP contribution is 2.29. The second-order valence-electron chi connectivity index (χ2n) is 12.2. The number of oxazole rings is 1. The average molecular weight is 709 g/mol. The normalized spacial score (nSPS) is 17.0. The Morgan fingerprint density at radius 1 is 1.04 bits per heavy atom. The minimum atomic E-state index is -3.64. The zero-order valence-corrected chi connectivity index (χ0v) is 28.9. The van der Waals surface area contributed by atoms with E-state index in [-0.39, 0.29) is 67.2 Å². The van der Waals surface area contributed by atoms with Crippen LogP contribution in [0.1, 0.15) is 60.8 Å². The van der Waals surface area contributed by atoms with Gasteiger partial charge >= 0.3 is 0 Å². The number of nitrogens with one attached hydrogen (secondary N) is 1. The Kier molecular flexibility index (Phi) is 12.3. The van der Waals surface area contributed by atoms with E-state index in [1.54, 1.807) is 55.5 Å². The van der Waals surface area contributed by atoms with Crippen LogP contribution in [0.4, 0.5) is 0 Å². The van der Waals surface area contributed by atoms with Crippen molar-refractivity contribution in [2.45, 2.75) is 69.1 Å². The molecule has 0 unspecified atom stereocenters. The van der Waals surface area contributed by atoms with Crippen LogP contribution in [-0.4, -0.2) is 67.6 Å². The molecule has 3 aromatic carbocycles. The Labute approximate surface area is 291 Å². The first-order valence-corrected chi connectivity index (χ1v) is 18.3. The van der Waals surface area contributed by atoms with Gasteiger partial charge in [0.25, 0.3) is 5.89 Å². The standard InChI is InChI=1S/C36H41ClN4O7S/c1-2-39-49(45,46)29-16-12-24(13-17-29)19-34(43)41-22-28(47-23-25-10-14-27(37)15-11-25)21-31(41)32(42)20-26(7-5-6-18-38)35(44)36-40-30-8-3-4-9-33(30)48-36/h3-4,8-17,26,28,31,39H,2,5-7,18-23,38H2,1H3/t26-,28-,31+/m1/s1. The number of rotatable bonds is 17. The van der Waals surface area contributed by atoms with E-state index in [9.17, 15) is 22.8 Å². The van der Waals surface area contributed by atoms with Crippen molar-refractivity contribution in [1.29, 1.82) is 0 Å². The molecule has 13 heteroatoms. The summed E-state index contributed by atoms with van der Waals surface area (Å²) < 4.78 is 39.2. The molecule has 1 aromatic heterocycles. The number of aromatic nitrogens is 1. The Balaban J connectivity index is 1.34. The predicted octanol–water partition coefficient (Wildman–Crippen LogP) is 5.10. The lowest BCUT2D eigenvalue weighted by Gasteiger charge is -2.25. The molecule has 1 aliphatic heterocycles. The highest BCUT2D eigenvalue weighted by molar-refractivity contribution is 7.89. The molecule has 260 valence electrons. The van der Waals surface area contributed by atoms with Crippen molar-refractivity contribution in [2.75, 3.05) is 19.6 Å². The third-order valence-electron chi connectivity index (χ3n) is 8.61. The number of amides is 1. The number of ether oxygens (including phenoxy) is 1. The van der Waals surface area contributed by atoms with Crippen LogP contribution in [-0.2, 0) is 37.4 Å². The maximum absolute atomic E-state index is 14.1. The number of para-hydroxylation sites is 2. The molecule has 5 rings (SSSR count). The van der Waals surface area contributed by atoms with Gasteiger partial charge in [-0.25, -0.2) is 18.1 Å². The minimum absolute atomic E-state index is 0.0447. The number of carbonyl (C=O) groups is 3. The lowest BCUT2D eigenvalue weighted by Crippen LogP contribution is -2.42. The molecule has 1 aliphatic rings. The molecule has 3 atom stereocenters. The van der Waals surface area contributed by atoms with Gasteiger partial charge in [-0.3, -0.25) is 14.4 Å². The molecular formula is C36H41ClN4O7S. The van der Waals surface area contributed by atoms with E-state index in [1.807, 2.05) is 12.1 Å². The Morgan fingerprint density at radius 2 is 1.76 bits per heavy atom. The van der Waals surface area contributed by atoms with Crippen molar-refractivity contribution in [2.24, 2.45) is 11.7 Å². The maximum atomic E-state index is 14.1. The summed E-state index contributed by atoms with van der Waals surface area (Å²) in [6.45, 7) is 2.86. The van der Waals surface area contributed by atoms with Crippen molar-refractivity contribution in [3.05, 3.63) is 94.8 Å². The van der Waals surface area contributed by atoms with Crippen LogP contribution in [0.15, 0.2) is 82.1 Å². The second kappa shape index (κ2) is 16.6. The molecule has 1 amide bonds. The molecule has 0 radical (unpaired) electrons. The van der Waals surface area contributed by atoms with Gasteiger partial charge in [0.05, 0.1) is 30.1 Å². The monoisotopic (exact) mass is 708 g/mol. The lowest BCUT2D eigenvalue weighted by molar-refractivity contribution is -0.137. The fraction of sp³-hybridized carbons (Fsp3) is 0.389. The van der Waals surface area contributed by atoms with Gasteiger partial charge in [0, 0.05) is 36.9 Å². The Morgan fingerprint density at radius 3 is 2.45 bits per heavy atom. The van der Waals surface area contributed by atoms with Crippen LogP contribution in [0, 0.1) is 5.92 Å². The van der Waals surface area contributed by atoms with Crippen LogP contribution < -0.4 is 10.5 Å². The van der Waals surface area contributed by atoms with E-state index in [1.165, 1.54) is 17.0 Å². The van der Waals surface area contributed by atoms with Crippen molar-refractivity contribution >= 4 is 50.2 Å². The third-order valence-corrected chi connectivity index (χ3v) is 10.4. The maximum Gasteiger partial charge on any atom is 0.264 e. The topological polar surface area (TPSA) is 162 Å². The first-order chi connectivity index (χ1) is 23.6. The zero-order chi connectivity index (χ0) is 35.0. The van der Waals surface area contributed by atoms with Crippen LogP contribution in [0.5, 0.6) is 0 Å².